The molecule has 1 aliphatic rings. The van der Waals surface area contributed by atoms with Gasteiger partial charge in [-0.25, -0.2) is 0 Å². The molecule has 3 heteroatoms. The summed E-state index contributed by atoms with van der Waals surface area (Å²) in [5.41, 5.74) is 2.16. The SMILES string of the molecule is CC(=O)C1=C(O)Cc2ccccc2C1=S. The summed E-state index contributed by atoms with van der Waals surface area (Å²) in [6.07, 6.45) is 0.394. The monoisotopic (exact) mass is 218 g/mol. The van der Waals surface area contributed by atoms with Gasteiger partial charge in [-0.05, 0) is 18.1 Å². The van der Waals surface area contributed by atoms with Crippen molar-refractivity contribution in [3.05, 3.63) is 46.7 Å². The van der Waals surface area contributed by atoms with Crippen LogP contribution in [0, 0.1) is 0 Å². The highest BCUT2D eigenvalue weighted by Gasteiger charge is 2.24. The first kappa shape index (κ1) is 10.1. The minimum atomic E-state index is -0.174. The molecule has 0 aliphatic heterocycles. The Balaban J connectivity index is 2.58. The zero-order chi connectivity index (χ0) is 11.0. The highest BCUT2D eigenvalue weighted by Crippen LogP contribution is 2.25. The van der Waals surface area contributed by atoms with Gasteiger partial charge < -0.3 is 5.11 Å². The third kappa shape index (κ3) is 1.59. The van der Waals surface area contributed by atoms with Crippen LogP contribution in [0.5, 0.6) is 0 Å². The summed E-state index contributed by atoms with van der Waals surface area (Å²) < 4.78 is 0. The summed E-state index contributed by atoms with van der Waals surface area (Å²) in [4.78, 5) is 11.8. The van der Waals surface area contributed by atoms with E-state index < -0.39 is 0 Å². The lowest BCUT2D eigenvalue weighted by Gasteiger charge is -2.18. The van der Waals surface area contributed by atoms with Crippen LogP contribution in [0.1, 0.15) is 18.1 Å². The van der Waals surface area contributed by atoms with Crippen LogP contribution in [0.25, 0.3) is 0 Å². The van der Waals surface area contributed by atoms with E-state index in [1.165, 1.54) is 6.92 Å². The van der Waals surface area contributed by atoms with Gasteiger partial charge in [-0.15, -0.1) is 0 Å². The Labute approximate surface area is 93.2 Å². The molecule has 0 heterocycles. The molecule has 0 radical (unpaired) electrons. The standard InChI is InChI=1S/C12H10O2S/c1-7(13)11-10(14)6-8-4-2-3-5-9(8)12(11)15/h2-5,14H,6H2,1H3. The molecule has 0 saturated carbocycles. The van der Waals surface area contributed by atoms with E-state index in [2.05, 4.69) is 0 Å². The van der Waals surface area contributed by atoms with Gasteiger partial charge in [0, 0.05) is 6.42 Å². The molecule has 2 nitrogen and oxygen atoms in total. The van der Waals surface area contributed by atoms with Gasteiger partial charge in [0.15, 0.2) is 5.78 Å². The van der Waals surface area contributed by atoms with Gasteiger partial charge in [-0.3, -0.25) is 4.79 Å². The first-order valence-corrected chi connectivity index (χ1v) is 5.07. The number of carbonyl (C=O) groups excluding carboxylic acids is 1. The van der Waals surface area contributed by atoms with Crippen molar-refractivity contribution in [1.29, 1.82) is 0 Å². The molecule has 15 heavy (non-hydrogen) atoms. The molecule has 2 rings (SSSR count). The molecule has 0 aromatic heterocycles. The summed E-state index contributed by atoms with van der Waals surface area (Å²) in [6.45, 7) is 1.42. The van der Waals surface area contributed by atoms with Crippen molar-refractivity contribution in [3.63, 3.8) is 0 Å². The molecule has 0 spiro atoms. The maximum atomic E-state index is 11.3. The number of rotatable bonds is 1. The van der Waals surface area contributed by atoms with Crippen molar-refractivity contribution >= 4 is 22.9 Å². The summed E-state index contributed by atoms with van der Waals surface area (Å²) in [7, 11) is 0. The molecular formula is C12H10O2S. The molecule has 0 fully saturated rings. The van der Waals surface area contributed by atoms with Crippen molar-refractivity contribution < 1.29 is 9.90 Å². The number of ketones is 1. The molecule has 0 atom stereocenters. The Morgan fingerprint density at radius 3 is 2.73 bits per heavy atom. The maximum absolute atomic E-state index is 11.3. The summed E-state index contributed by atoms with van der Waals surface area (Å²) in [5, 5.41) is 9.73. The number of allylic oxidation sites excluding steroid dienone is 2. The number of fused-ring (bicyclic) bond motifs is 1. The number of thiocarbonyl (C=S) groups is 1. The van der Waals surface area contributed by atoms with Crippen LogP contribution in [0.3, 0.4) is 0 Å². The third-order valence-electron chi connectivity index (χ3n) is 2.49. The van der Waals surface area contributed by atoms with E-state index in [0.29, 0.717) is 16.9 Å². The van der Waals surface area contributed by atoms with Gasteiger partial charge in [0.05, 0.1) is 10.4 Å². The van der Waals surface area contributed by atoms with Crippen molar-refractivity contribution in [2.24, 2.45) is 0 Å². The van der Waals surface area contributed by atoms with E-state index >= 15 is 0 Å². The van der Waals surface area contributed by atoms with Gasteiger partial charge in [0.1, 0.15) is 5.76 Å². The Bertz CT molecular complexity index is 486. The highest BCUT2D eigenvalue weighted by molar-refractivity contribution is 7.81. The number of benzene rings is 1. The lowest BCUT2D eigenvalue weighted by Crippen LogP contribution is -2.19. The summed E-state index contributed by atoms with van der Waals surface area (Å²) in [6, 6.07) is 7.57. The number of carbonyl (C=O) groups is 1. The van der Waals surface area contributed by atoms with Crippen LogP contribution < -0.4 is 0 Å². The third-order valence-corrected chi connectivity index (χ3v) is 2.91. The molecule has 1 aromatic rings. The predicted molar refractivity (Wildman–Crippen MR) is 62.2 cm³/mol. The van der Waals surface area contributed by atoms with Crippen molar-refractivity contribution in [1.82, 2.24) is 0 Å². The molecule has 0 amide bonds. The second kappa shape index (κ2) is 3.59. The molecule has 0 saturated heterocycles. The van der Waals surface area contributed by atoms with Crippen LogP contribution in [-0.4, -0.2) is 15.8 Å². The zero-order valence-corrected chi connectivity index (χ0v) is 9.10. The molecular weight excluding hydrogens is 208 g/mol. The molecule has 1 aromatic carbocycles. The highest BCUT2D eigenvalue weighted by atomic mass is 32.1. The van der Waals surface area contributed by atoms with Gasteiger partial charge in [-0.2, -0.15) is 0 Å². The van der Waals surface area contributed by atoms with E-state index in [4.69, 9.17) is 12.2 Å². The fraction of sp³-hybridized carbons (Fsp3) is 0.167. The summed E-state index contributed by atoms with van der Waals surface area (Å²) in [5.74, 6) is -0.0850. The largest absolute Gasteiger partial charge is 0.511 e. The van der Waals surface area contributed by atoms with Gasteiger partial charge in [-0.1, -0.05) is 36.5 Å². The normalized spacial score (nSPS) is 15.1. The van der Waals surface area contributed by atoms with Gasteiger partial charge in [0.25, 0.3) is 0 Å². The van der Waals surface area contributed by atoms with E-state index in [-0.39, 0.29) is 11.5 Å². The lowest BCUT2D eigenvalue weighted by molar-refractivity contribution is -0.113. The Morgan fingerprint density at radius 1 is 1.40 bits per heavy atom. The quantitative estimate of drug-likeness (QED) is 0.735. The van der Waals surface area contributed by atoms with Crippen molar-refractivity contribution in [2.75, 3.05) is 0 Å². The van der Waals surface area contributed by atoms with Crippen LogP contribution >= 0.6 is 12.2 Å². The number of aliphatic hydroxyl groups excluding tert-OH is 1. The van der Waals surface area contributed by atoms with E-state index in [1.807, 2.05) is 24.3 Å². The van der Waals surface area contributed by atoms with Crippen LogP contribution in [0.15, 0.2) is 35.6 Å². The van der Waals surface area contributed by atoms with E-state index in [1.54, 1.807) is 0 Å². The summed E-state index contributed by atoms with van der Waals surface area (Å²) >= 11 is 5.20. The number of hydrogen-bond donors (Lipinski definition) is 1. The molecule has 0 bridgehead atoms. The zero-order valence-electron chi connectivity index (χ0n) is 8.28. The van der Waals surface area contributed by atoms with Gasteiger partial charge >= 0.3 is 0 Å². The Kier molecular flexibility index (Phi) is 2.40. The second-order valence-electron chi connectivity index (χ2n) is 3.54. The van der Waals surface area contributed by atoms with Crippen molar-refractivity contribution in [3.8, 4) is 0 Å². The van der Waals surface area contributed by atoms with Crippen LogP contribution in [0.4, 0.5) is 0 Å². The minimum Gasteiger partial charge on any atom is -0.511 e. The predicted octanol–water partition coefficient (Wildman–Crippen LogP) is 2.36. The average molecular weight is 218 g/mol. The van der Waals surface area contributed by atoms with Crippen molar-refractivity contribution in [2.45, 2.75) is 13.3 Å². The molecule has 1 aliphatic carbocycles. The molecule has 76 valence electrons. The first-order valence-electron chi connectivity index (χ1n) is 4.67. The number of Topliss-reactive ketones (excluding diaryl/α,β-unsaturated/α-hetero) is 1. The molecule has 1 N–H and O–H groups in total. The van der Waals surface area contributed by atoms with Gasteiger partial charge in [0.2, 0.25) is 0 Å². The maximum Gasteiger partial charge on any atom is 0.164 e. The average Bonchev–Trinajstić information content (AvgIpc) is 2.17. The molecule has 0 unspecified atom stereocenters. The first-order chi connectivity index (χ1) is 7.11. The van der Waals surface area contributed by atoms with Crippen LogP contribution in [0.2, 0.25) is 0 Å². The van der Waals surface area contributed by atoms with E-state index in [0.717, 1.165) is 11.1 Å². The fourth-order valence-electron chi connectivity index (χ4n) is 1.79. The lowest BCUT2D eigenvalue weighted by atomic mass is 9.88. The number of aliphatic hydroxyl groups is 1. The van der Waals surface area contributed by atoms with Crippen LogP contribution in [-0.2, 0) is 11.2 Å². The Hall–Kier alpha value is -1.48. The smallest absolute Gasteiger partial charge is 0.164 e. The number of hydrogen-bond acceptors (Lipinski definition) is 3. The van der Waals surface area contributed by atoms with E-state index in [9.17, 15) is 9.90 Å². The second-order valence-corrected chi connectivity index (χ2v) is 3.95. The minimum absolute atomic E-state index is 0.0891. The topological polar surface area (TPSA) is 37.3 Å². The Morgan fingerprint density at radius 2 is 2.07 bits per heavy atom. The fourth-order valence-corrected chi connectivity index (χ4v) is 2.25.